The Morgan fingerprint density at radius 3 is 2.71 bits per heavy atom. The first-order valence-electron chi connectivity index (χ1n) is 7.07. The molecule has 0 bridgehead atoms. The zero-order valence-electron chi connectivity index (χ0n) is 11.8. The molecular formula is C18H17FN2. The minimum atomic E-state index is -0.173. The third-order valence-electron chi connectivity index (χ3n) is 3.70. The van der Waals surface area contributed by atoms with Crippen LogP contribution >= 0.6 is 0 Å². The first kappa shape index (κ1) is 13.7. The molecule has 1 aliphatic heterocycles. The minimum Gasteiger partial charge on any atom is -0.367 e. The van der Waals surface area contributed by atoms with Crippen molar-refractivity contribution < 1.29 is 4.39 Å². The molecule has 2 aromatic carbocycles. The van der Waals surface area contributed by atoms with Gasteiger partial charge in [-0.05, 0) is 41.8 Å². The van der Waals surface area contributed by atoms with Crippen LogP contribution in [0, 0.1) is 17.7 Å². The molecule has 0 aliphatic carbocycles. The fourth-order valence-corrected chi connectivity index (χ4v) is 2.65. The van der Waals surface area contributed by atoms with Gasteiger partial charge < -0.3 is 10.6 Å². The lowest BCUT2D eigenvalue weighted by atomic mass is 10.1. The minimum absolute atomic E-state index is 0.173. The van der Waals surface area contributed by atoms with Crippen molar-refractivity contribution in [2.45, 2.75) is 13.0 Å². The highest BCUT2D eigenvalue weighted by Gasteiger charge is 2.19. The largest absolute Gasteiger partial charge is 0.367 e. The number of fused-ring (bicyclic) bond motifs is 1. The van der Waals surface area contributed by atoms with Crippen LogP contribution in [0.15, 0.2) is 42.5 Å². The Morgan fingerprint density at radius 1 is 1.14 bits per heavy atom. The maximum absolute atomic E-state index is 13.4. The fourth-order valence-electron chi connectivity index (χ4n) is 2.65. The Hall–Kier alpha value is -2.31. The molecule has 2 N–H and O–H groups in total. The van der Waals surface area contributed by atoms with Crippen molar-refractivity contribution in [3.05, 3.63) is 65.0 Å². The van der Waals surface area contributed by atoms with Gasteiger partial charge in [0.1, 0.15) is 5.82 Å². The van der Waals surface area contributed by atoms with Gasteiger partial charge in [0.05, 0.1) is 6.54 Å². The Morgan fingerprint density at radius 2 is 1.95 bits per heavy atom. The van der Waals surface area contributed by atoms with Gasteiger partial charge in [-0.25, -0.2) is 4.39 Å². The molecule has 0 spiro atoms. The molecule has 0 saturated heterocycles. The van der Waals surface area contributed by atoms with Crippen LogP contribution in [0.3, 0.4) is 0 Å². The molecule has 3 rings (SSSR count). The fraction of sp³-hybridized carbons (Fsp3) is 0.222. The molecule has 1 aliphatic rings. The SMILES string of the molecule is NCC#Cc1ccc(CN2CCc3ccc(F)cc32)cc1. The number of rotatable bonds is 2. The number of nitrogens with zero attached hydrogens (tertiary/aromatic N) is 1. The molecule has 106 valence electrons. The summed E-state index contributed by atoms with van der Waals surface area (Å²) >= 11 is 0. The highest BCUT2D eigenvalue weighted by atomic mass is 19.1. The van der Waals surface area contributed by atoms with E-state index in [1.54, 1.807) is 6.07 Å². The van der Waals surface area contributed by atoms with Crippen LogP contribution in [0.4, 0.5) is 10.1 Å². The van der Waals surface area contributed by atoms with Crippen LogP contribution in [0.1, 0.15) is 16.7 Å². The van der Waals surface area contributed by atoms with Crippen molar-refractivity contribution >= 4 is 5.69 Å². The summed E-state index contributed by atoms with van der Waals surface area (Å²) in [5.74, 6) is 5.68. The maximum atomic E-state index is 13.4. The van der Waals surface area contributed by atoms with E-state index in [-0.39, 0.29) is 5.82 Å². The van der Waals surface area contributed by atoms with Crippen molar-refractivity contribution in [1.29, 1.82) is 0 Å². The van der Waals surface area contributed by atoms with Gasteiger partial charge in [0.15, 0.2) is 0 Å². The third kappa shape index (κ3) is 3.07. The van der Waals surface area contributed by atoms with Crippen LogP contribution in [0.2, 0.25) is 0 Å². The van der Waals surface area contributed by atoms with E-state index in [1.807, 2.05) is 18.2 Å². The summed E-state index contributed by atoms with van der Waals surface area (Å²) in [6, 6.07) is 13.2. The second kappa shape index (κ2) is 5.99. The first-order chi connectivity index (χ1) is 10.3. The average molecular weight is 280 g/mol. The Bertz CT molecular complexity index is 695. The van der Waals surface area contributed by atoms with Gasteiger partial charge >= 0.3 is 0 Å². The zero-order valence-corrected chi connectivity index (χ0v) is 11.8. The molecule has 0 atom stereocenters. The number of anilines is 1. The number of halogens is 1. The highest BCUT2D eigenvalue weighted by molar-refractivity contribution is 5.58. The summed E-state index contributed by atoms with van der Waals surface area (Å²) in [7, 11) is 0. The van der Waals surface area contributed by atoms with Crippen molar-refractivity contribution in [1.82, 2.24) is 0 Å². The van der Waals surface area contributed by atoms with Gasteiger partial charge in [-0.2, -0.15) is 0 Å². The number of nitrogens with two attached hydrogens (primary N) is 1. The van der Waals surface area contributed by atoms with E-state index in [0.29, 0.717) is 6.54 Å². The smallest absolute Gasteiger partial charge is 0.125 e. The van der Waals surface area contributed by atoms with Gasteiger partial charge in [-0.3, -0.25) is 0 Å². The van der Waals surface area contributed by atoms with Crippen LogP contribution in [-0.4, -0.2) is 13.1 Å². The molecule has 2 aromatic rings. The predicted molar refractivity (Wildman–Crippen MR) is 83.5 cm³/mol. The summed E-state index contributed by atoms with van der Waals surface area (Å²) in [5, 5.41) is 0. The van der Waals surface area contributed by atoms with Crippen LogP contribution < -0.4 is 10.6 Å². The van der Waals surface area contributed by atoms with E-state index in [9.17, 15) is 4.39 Å². The lowest BCUT2D eigenvalue weighted by Crippen LogP contribution is -2.19. The van der Waals surface area contributed by atoms with Crippen molar-refractivity contribution in [2.24, 2.45) is 5.73 Å². The summed E-state index contributed by atoms with van der Waals surface area (Å²) in [6.45, 7) is 2.10. The van der Waals surface area contributed by atoms with Crippen LogP contribution in [-0.2, 0) is 13.0 Å². The normalized spacial score (nSPS) is 12.8. The average Bonchev–Trinajstić information content (AvgIpc) is 2.89. The molecule has 21 heavy (non-hydrogen) atoms. The van der Waals surface area contributed by atoms with Crippen LogP contribution in [0.25, 0.3) is 0 Å². The number of hydrogen-bond donors (Lipinski definition) is 1. The quantitative estimate of drug-likeness (QED) is 0.857. The van der Waals surface area contributed by atoms with Gasteiger partial charge in [0, 0.05) is 24.3 Å². The van der Waals surface area contributed by atoms with Crippen molar-refractivity contribution in [3.63, 3.8) is 0 Å². The van der Waals surface area contributed by atoms with Gasteiger partial charge in [-0.15, -0.1) is 0 Å². The van der Waals surface area contributed by atoms with Crippen molar-refractivity contribution in [2.75, 3.05) is 18.0 Å². The summed E-state index contributed by atoms with van der Waals surface area (Å²) in [6.07, 6.45) is 0.982. The Balaban J connectivity index is 1.75. The summed E-state index contributed by atoms with van der Waals surface area (Å²) in [5.41, 5.74) is 9.77. The molecule has 0 unspecified atom stereocenters. The van der Waals surface area contributed by atoms with Gasteiger partial charge in [-0.1, -0.05) is 30.0 Å². The van der Waals surface area contributed by atoms with Crippen molar-refractivity contribution in [3.8, 4) is 11.8 Å². The van der Waals surface area contributed by atoms with E-state index in [4.69, 9.17) is 5.73 Å². The Kier molecular flexibility index (Phi) is 3.89. The summed E-state index contributed by atoms with van der Waals surface area (Å²) < 4.78 is 13.4. The monoisotopic (exact) mass is 280 g/mol. The molecule has 0 aromatic heterocycles. The number of benzene rings is 2. The number of hydrogen-bond acceptors (Lipinski definition) is 2. The lowest BCUT2D eigenvalue weighted by Gasteiger charge is -2.19. The Labute approximate surface area is 124 Å². The standard InChI is InChI=1S/C18H17FN2/c19-17-8-7-16-9-11-21(18(16)12-17)13-15-5-3-14(4-6-15)2-1-10-20/h3-8,12H,9-11,13,20H2. The predicted octanol–water partition coefficient (Wildman–Crippen LogP) is 2.70. The molecule has 1 heterocycles. The molecule has 0 saturated carbocycles. The second-order valence-corrected chi connectivity index (χ2v) is 5.15. The van der Waals surface area contributed by atoms with E-state index in [2.05, 4.69) is 28.9 Å². The zero-order chi connectivity index (χ0) is 14.7. The second-order valence-electron chi connectivity index (χ2n) is 5.15. The van der Waals surface area contributed by atoms with E-state index < -0.39 is 0 Å². The van der Waals surface area contributed by atoms with Gasteiger partial charge in [0.25, 0.3) is 0 Å². The van der Waals surface area contributed by atoms with E-state index in [1.165, 1.54) is 17.2 Å². The topological polar surface area (TPSA) is 29.3 Å². The highest BCUT2D eigenvalue weighted by Crippen LogP contribution is 2.29. The lowest BCUT2D eigenvalue weighted by molar-refractivity contribution is 0.627. The summed E-state index contributed by atoms with van der Waals surface area (Å²) in [4.78, 5) is 2.22. The maximum Gasteiger partial charge on any atom is 0.125 e. The molecule has 2 nitrogen and oxygen atoms in total. The van der Waals surface area contributed by atoms with Gasteiger partial charge in [0.2, 0.25) is 0 Å². The molecule has 0 amide bonds. The molecule has 0 fully saturated rings. The first-order valence-corrected chi connectivity index (χ1v) is 7.07. The molecule has 3 heteroatoms. The van der Waals surface area contributed by atoms with Crippen LogP contribution in [0.5, 0.6) is 0 Å². The molecular weight excluding hydrogens is 263 g/mol. The van der Waals surface area contributed by atoms with E-state index >= 15 is 0 Å². The molecule has 0 radical (unpaired) electrons. The third-order valence-corrected chi connectivity index (χ3v) is 3.70. The van der Waals surface area contributed by atoms with E-state index in [0.717, 1.165) is 30.8 Å².